The third-order valence-electron chi connectivity index (χ3n) is 3.63. The Labute approximate surface area is 117 Å². The first-order valence-corrected chi connectivity index (χ1v) is 6.48. The molecule has 1 aliphatic heterocycles. The maximum atomic E-state index is 13.5. The molecule has 0 aliphatic carbocycles. The first-order chi connectivity index (χ1) is 9.71. The van der Waals surface area contributed by atoms with Gasteiger partial charge in [-0.1, -0.05) is 0 Å². The molecule has 0 saturated carbocycles. The topological polar surface area (TPSA) is 30.5 Å². The Hall–Kier alpha value is -2.23. The number of fused-ring (bicyclic) bond motifs is 1. The molecule has 104 valence electrons. The fourth-order valence-electron chi connectivity index (χ4n) is 2.63. The van der Waals surface area contributed by atoms with Crippen molar-refractivity contribution in [1.29, 1.82) is 0 Å². The molecule has 1 unspecified atom stereocenters. The Bertz CT molecular complexity index is 642. The van der Waals surface area contributed by atoms with Gasteiger partial charge >= 0.3 is 0 Å². The highest BCUT2D eigenvalue weighted by molar-refractivity contribution is 5.61. The van der Waals surface area contributed by atoms with Gasteiger partial charge in [-0.25, -0.2) is 4.39 Å². The third kappa shape index (κ3) is 2.18. The van der Waals surface area contributed by atoms with Gasteiger partial charge in [0.2, 0.25) is 0 Å². The monoisotopic (exact) mass is 273 g/mol. The van der Waals surface area contributed by atoms with Crippen molar-refractivity contribution in [3.05, 3.63) is 53.3 Å². The van der Waals surface area contributed by atoms with Gasteiger partial charge in [0.1, 0.15) is 17.3 Å². The molecule has 1 heterocycles. The molecule has 1 N–H and O–H groups in total. The summed E-state index contributed by atoms with van der Waals surface area (Å²) in [5, 5.41) is 3.40. The zero-order valence-electron chi connectivity index (χ0n) is 11.4. The molecule has 3 rings (SSSR count). The van der Waals surface area contributed by atoms with Gasteiger partial charge in [-0.15, -0.1) is 0 Å². The van der Waals surface area contributed by atoms with Crippen LogP contribution in [0.2, 0.25) is 0 Å². The van der Waals surface area contributed by atoms with Crippen molar-refractivity contribution in [3.8, 4) is 11.5 Å². The largest absolute Gasteiger partial charge is 0.497 e. The highest BCUT2D eigenvalue weighted by Crippen LogP contribution is 2.39. The van der Waals surface area contributed by atoms with Crippen molar-refractivity contribution in [2.75, 3.05) is 19.5 Å². The average Bonchev–Trinajstić information content (AvgIpc) is 2.89. The highest BCUT2D eigenvalue weighted by atomic mass is 19.1. The van der Waals surface area contributed by atoms with E-state index in [9.17, 15) is 4.39 Å². The van der Waals surface area contributed by atoms with Gasteiger partial charge in [0.15, 0.2) is 0 Å². The Morgan fingerprint density at radius 1 is 1.10 bits per heavy atom. The second-order valence-corrected chi connectivity index (χ2v) is 4.81. The maximum Gasteiger partial charge on any atom is 0.124 e. The zero-order valence-corrected chi connectivity index (χ0v) is 11.4. The van der Waals surface area contributed by atoms with Crippen LogP contribution in [-0.4, -0.2) is 14.2 Å². The fraction of sp³-hybridized carbons (Fsp3) is 0.250. The van der Waals surface area contributed by atoms with Gasteiger partial charge in [0.05, 0.1) is 20.3 Å². The minimum atomic E-state index is -0.254. The third-order valence-corrected chi connectivity index (χ3v) is 3.63. The minimum Gasteiger partial charge on any atom is -0.497 e. The van der Waals surface area contributed by atoms with Crippen LogP contribution in [-0.2, 0) is 6.42 Å². The quantitative estimate of drug-likeness (QED) is 0.927. The van der Waals surface area contributed by atoms with E-state index < -0.39 is 0 Å². The van der Waals surface area contributed by atoms with Crippen LogP contribution in [0.5, 0.6) is 11.5 Å². The van der Waals surface area contributed by atoms with Crippen molar-refractivity contribution < 1.29 is 13.9 Å². The van der Waals surface area contributed by atoms with E-state index in [1.807, 2.05) is 18.2 Å². The van der Waals surface area contributed by atoms with Crippen LogP contribution in [0.3, 0.4) is 0 Å². The van der Waals surface area contributed by atoms with Crippen LogP contribution in [0, 0.1) is 5.82 Å². The number of hydrogen-bond donors (Lipinski definition) is 1. The van der Waals surface area contributed by atoms with Gasteiger partial charge in [-0.05, 0) is 48.4 Å². The smallest absolute Gasteiger partial charge is 0.124 e. The molecule has 20 heavy (non-hydrogen) atoms. The molecule has 0 saturated heterocycles. The number of anilines is 1. The lowest BCUT2D eigenvalue weighted by atomic mass is 10.0. The van der Waals surface area contributed by atoms with Crippen LogP contribution in [0.1, 0.15) is 17.2 Å². The van der Waals surface area contributed by atoms with E-state index in [4.69, 9.17) is 9.47 Å². The summed E-state index contributed by atoms with van der Waals surface area (Å²) in [5.41, 5.74) is 3.06. The Morgan fingerprint density at radius 2 is 1.95 bits per heavy atom. The van der Waals surface area contributed by atoms with Gasteiger partial charge in [-0.3, -0.25) is 0 Å². The van der Waals surface area contributed by atoms with E-state index in [0.29, 0.717) is 5.75 Å². The predicted molar refractivity (Wildman–Crippen MR) is 76.0 cm³/mol. The summed E-state index contributed by atoms with van der Waals surface area (Å²) in [6, 6.07) is 10.5. The van der Waals surface area contributed by atoms with E-state index in [-0.39, 0.29) is 11.9 Å². The minimum absolute atomic E-state index is 0.0164. The fourth-order valence-corrected chi connectivity index (χ4v) is 2.63. The second kappa shape index (κ2) is 5.04. The van der Waals surface area contributed by atoms with Gasteiger partial charge in [0, 0.05) is 11.3 Å². The Kier molecular flexibility index (Phi) is 3.22. The summed E-state index contributed by atoms with van der Waals surface area (Å²) in [7, 11) is 3.25. The summed E-state index contributed by atoms with van der Waals surface area (Å²) in [5.74, 6) is 1.28. The lowest BCUT2D eigenvalue weighted by Gasteiger charge is -2.15. The van der Waals surface area contributed by atoms with Gasteiger partial charge in [0.25, 0.3) is 0 Å². The highest BCUT2D eigenvalue weighted by Gasteiger charge is 2.25. The molecule has 4 heteroatoms. The Balaban J connectivity index is 1.93. The predicted octanol–water partition coefficient (Wildman–Crippen LogP) is 3.55. The normalized spacial score (nSPS) is 16.4. The van der Waals surface area contributed by atoms with E-state index >= 15 is 0 Å². The SMILES string of the molecule is COc1ccc2c(c1)CC(c1cc(F)ccc1OC)N2. The number of hydrogen-bond acceptors (Lipinski definition) is 3. The van der Waals surface area contributed by atoms with Gasteiger partial charge in [-0.2, -0.15) is 0 Å². The number of benzene rings is 2. The van der Waals surface area contributed by atoms with Crippen LogP contribution >= 0.6 is 0 Å². The van der Waals surface area contributed by atoms with Crippen LogP contribution < -0.4 is 14.8 Å². The van der Waals surface area contributed by atoms with Crippen LogP contribution in [0.25, 0.3) is 0 Å². The molecule has 0 aromatic heterocycles. The Morgan fingerprint density at radius 3 is 2.70 bits per heavy atom. The molecule has 3 nitrogen and oxygen atoms in total. The van der Waals surface area contributed by atoms with Crippen molar-refractivity contribution in [2.24, 2.45) is 0 Å². The summed E-state index contributed by atoms with van der Waals surface area (Å²) in [6.45, 7) is 0. The van der Waals surface area contributed by atoms with Crippen molar-refractivity contribution in [2.45, 2.75) is 12.5 Å². The van der Waals surface area contributed by atoms with Crippen LogP contribution in [0.4, 0.5) is 10.1 Å². The molecule has 0 radical (unpaired) electrons. The molecule has 0 fully saturated rings. The molecular formula is C16H16FNO2. The summed E-state index contributed by atoms with van der Waals surface area (Å²) in [6.07, 6.45) is 0.784. The number of methoxy groups -OCH3 is 2. The first kappa shape index (κ1) is 12.8. The van der Waals surface area contributed by atoms with Crippen molar-refractivity contribution in [3.63, 3.8) is 0 Å². The standard InChI is InChI=1S/C16H16FNO2/c1-19-12-4-5-14-10(7-12)8-15(18-14)13-9-11(17)3-6-16(13)20-2/h3-7,9,15,18H,8H2,1-2H3. The molecule has 1 atom stereocenters. The molecule has 0 spiro atoms. The summed E-state index contributed by atoms with van der Waals surface area (Å²) >= 11 is 0. The molecule has 2 aromatic rings. The molecular weight excluding hydrogens is 257 g/mol. The molecule has 2 aromatic carbocycles. The van der Waals surface area contributed by atoms with Gasteiger partial charge < -0.3 is 14.8 Å². The van der Waals surface area contributed by atoms with E-state index in [0.717, 1.165) is 23.4 Å². The van der Waals surface area contributed by atoms with Crippen molar-refractivity contribution in [1.82, 2.24) is 0 Å². The number of ether oxygens (including phenoxy) is 2. The number of halogens is 1. The number of nitrogens with one attached hydrogen (secondary N) is 1. The van der Waals surface area contributed by atoms with Crippen LogP contribution in [0.15, 0.2) is 36.4 Å². The summed E-state index contributed by atoms with van der Waals surface area (Å²) in [4.78, 5) is 0. The second-order valence-electron chi connectivity index (χ2n) is 4.81. The van der Waals surface area contributed by atoms with Crippen molar-refractivity contribution >= 4 is 5.69 Å². The summed E-state index contributed by atoms with van der Waals surface area (Å²) < 4.78 is 24.0. The first-order valence-electron chi connectivity index (χ1n) is 6.48. The molecule has 0 amide bonds. The zero-order chi connectivity index (χ0) is 14.1. The molecule has 1 aliphatic rings. The number of rotatable bonds is 3. The lowest BCUT2D eigenvalue weighted by Crippen LogP contribution is -2.08. The van der Waals surface area contributed by atoms with E-state index in [1.165, 1.54) is 17.7 Å². The van der Waals surface area contributed by atoms with E-state index in [2.05, 4.69) is 5.32 Å². The van der Waals surface area contributed by atoms with E-state index in [1.54, 1.807) is 20.3 Å². The lowest BCUT2D eigenvalue weighted by molar-refractivity contribution is 0.405. The maximum absolute atomic E-state index is 13.5. The molecule has 0 bridgehead atoms. The average molecular weight is 273 g/mol.